The molecule has 0 saturated heterocycles. The molecule has 4 aromatic rings. The van der Waals surface area contributed by atoms with Crippen LogP contribution in [-0.4, -0.2) is 19.6 Å². The van der Waals surface area contributed by atoms with Crippen LogP contribution in [0.4, 0.5) is 10.1 Å². The molecule has 0 bridgehead atoms. The summed E-state index contributed by atoms with van der Waals surface area (Å²) in [5.74, 6) is -0.568. The number of fused-ring (bicyclic) bond motifs is 1. The van der Waals surface area contributed by atoms with Crippen LogP contribution in [0.15, 0.2) is 64.3 Å². The molecule has 4 rings (SSSR count). The fraction of sp³-hybridized carbons (Fsp3) is 0.136. The Kier molecular flexibility index (Phi) is 4.62. The number of anilines is 1. The van der Waals surface area contributed by atoms with Gasteiger partial charge in [0.15, 0.2) is 0 Å². The Hall–Kier alpha value is -3.94. The number of aromatic nitrogens is 3. The monoisotopic (exact) mass is 406 g/mol. The third kappa shape index (κ3) is 3.12. The van der Waals surface area contributed by atoms with Gasteiger partial charge in [-0.05, 0) is 54.1 Å². The number of aryl methyl sites for hydroxylation is 1. The van der Waals surface area contributed by atoms with E-state index in [1.807, 2.05) is 0 Å². The molecule has 0 unspecified atom stereocenters. The molecule has 0 aliphatic rings. The highest BCUT2D eigenvalue weighted by Crippen LogP contribution is 2.31. The van der Waals surface area contributed by atoms with E-state index in [1.54, 1.807) is 54.2 Å². The molecule has 7 nitrogen and oxygen atoms in total. The zero-order chi connectivity index (χ0) is 21.6. The molecule has 0 radical (unpaired) electrons. The van der Waals surface area contributed by atoms with Gasteiger partial charge in [-0.15, -0.1) is 0 Å². The smallest absolute Gasteiger partial charge is 0.326 e. The highest BCUT2D eigenvalue weighted by molar-refractivity contribution is 5.95. The number of amides is 1. The van der Waals surface area contributed by atoms with Gasteiger partial charge in [0.1, 0.15) is 5.82 Å². The molecule has 152 valence electrons. The van der Waals surface area contributed by atoms with Gasteiger partial charge in [0.2, 0.25) is 5.91 Å². The number of carbonyl (C=O) groups excluding carboxylic acids is 1. The summed E-state index contributed by atoms with van der Waals surface area (Å²) >= 11 is 0. The minimum atomic E-state index is -0.434. The molecule has 0 atom stereocenters. The summed E-state index contributed by atoms with van der Waals surface area (Å²) in [6, 6.07) is 12.9. The fourth-order valence-electron chi connectivity index (χ4n) is 3.54. The average Bonchev–Trinajstić information content (AvgIpc) is 3.12. The Balaban J connectivity index is 2.05. The summed E-state index contributed by atoms with van der Waals surface area (Å²) in [4.78, 5) is 36.7. The molecule has 0 aliphatic carbocycles. The van der Waals surface area contributed by atoms with Crippen LogP contribution in [0.3, 0.4) is 0 Å². The molecule has 0 saturated carbocycles. The molecule has 1 amide bonds. The first-order chi connectivity index (χ1) is 14.3. The van der Waals surface area contributed by atoms with Gasteiger partial charge < -0.3 is 9.88 Å². The van der Waals surface area contributed by atoms with Crippen molar-refractivity contribution in [1.82, 2.24) is 13.7 Å². The van der Waals surface area contributed by atoms with Gasteiger partial charge >= 0.3 is 5.69 Å². The van der Waals surface area contributed by atoms with Gasteiger partial charge in [0, 0.05) is 38.6 Å². The van der Waals surface area contributed by atoms with Crippen LogP contribution in [0.2, 0.25) is 0 Å². The number of halogens is 1. The lowest BCUT2D eigenvalue weighted by molar-refractivity contribution is -0.114. The van der Waals surface area contributed by atoms with Crippen LogP contribution in [0.25, 0.3) is 27.8 Å². The number of nitrogens with one attached hydrogen (secondary N) is 1. The van der Waals surface area contributed by atoms with E-state index in [2.05, 4.69) is 5.32 Å². The fourth-order valence-corrected chi connectivity index (χ4v) is 3.54. The largest absolute Gasteiger partial charge is 0.330 e. The number of benzene rings is 2. The maximum absolute atomic E-state index is 13.5. The minimum absolute atomic E-state index is 0.181. The lowest BCUT2D eigenvalue weighted by Crippen LogP contribution is -2.36. The molecular formula is C22H19FN4O3. The van der Waals surface area contributed by atoms with Crippen molar-refractivity contribution in [2.45, 2.75) is 6.92 Å². The number of carbonyl (C=O) groups is 1. The van der Waals surface area contributed by atoms with E-state index in [9.17, 15) is 18.8 Å². The lowest BCUT2D eigenvalue weighted by atomic mass is 10.1. The van der Waals surface area contributed by atoms with Crippen LogP contribution in [0, 0.1) is 5.82 Å². The normalized spacial score (nSPS) is 11.1. The first-order valence-corrected chi connectivity index (χ1v) is 9.23. The van der Waals surface area contributed by atoms with E-state index in [1.165, 1.54) is 30.7 Å². The Morgan fingerprint density at radius 2 is 1.57 bits per heavy atom. The highest BCUT2D eigenvalue weighted by atomic mass is 19.1. The first-order valence-electron chi connectivity index (χ1n) is 9.23. The zero-order valence-corrected chi connectivity index (χ0v) is 16.6. The van der Waals surface area contributed by atoms with E-state index in [0.717, 1.165) is 4.57 Å². The predicted octanol–water partition coefficient (Wildman–Crippen LogP) is 2.79. The van der Waals surface area contributed by atoms with Crippen LogP contribution >= 0.6 is 0 Å². The molecule has 2 aromatic heterocycles. The third-order valence-electron chi connectivity index (χ3n) is 5.02. The van der Waals surface area contributed by atoms with Crippen molar-refractivity contribution in [3.8, 4) is 16.9 Å². The summed E-state index contributed by atoms with van der Waals surface area (Å²) in [5.41, 5.74) is 2.14. The molecule has 2 aromatic carbocycles. The minimum Gasteiger partial charge on any atom is -0.326 e. The van der Waals surface area contributed by atoms with Crippen molar-refractivity contribution in [2.24, 2.45) is 14.1 Å². The van der Waals surface area contributed by atoms with E-state index in [0.29, 0.717) is 33.5 Å². The zero-order valence-electron chi connectivity index (χ0n) is 16.6. The van der Waals surface area contributed by atoms with Crippen molar-refractivity contribution in [3.05, 3.63) is 81.4 Å². The molecule has 0 fully saturated rings. The molecule has 0 spiro atoms. The first kappa shape index (κ1) is 19.4. The van der Waals surface area contributed by atoms with Crippen LogP contribution in [-0.2, 0) is 18.9 Å². The Morgan fingerprint density at radius 3 is 2.17 bits per heavy atom. The SMILES string of the molecule is CC(=O)Nc1ccc(-n2cc3c(c2-c2ccc(F)cc2)c(=O)n(C)c(=O)n3C)cc1. The van der Waals surface area contributed by atoms with E-state index in [-0.39, 0.29) is 11.7 Å². The highest BCUT2D eigenvalue weighted by Gasteiger charge is 2.20. The average molecular weight is 406 g/mol. The number of hydrogen-bond donors (Lipinski definition) is 1. The second-order valence-electron chi connectivity index (χ2n) is 7.05. The van der Waals surface area contributed by atoms with Gasteiger partial charge in [-0.2, -0.15) is 0 Å². The predicted molar refractivity (Wildman–Crippen MR) is 113 cm³/mol. The number of rotatable bonds is 3. The number of nitrogens with zero attached hydrogens (tertiary/aromatic N) is 3. The van der Waals surface area contributed by atoms with Crippen molar-refractivity contribution in [2.75, 3.05) is 5.32 Å². The van der Waals surface area contributed by atoms with Crippen LogP contribution in [0.5, 0.6) is 0 Å². The Morgan fingerprint density at radius 1 is 0.933 bits per heavy atom. The molecular weight excluding hydrogens is 387 g/mol. The summed E-state index contributed by atoms with van der Waals surface area (Å²) in [6.45, 7) is 1.43. The van der Waals surface area contributed by atoms with Crippen LogP contribution in [0.1, 0.15) is 6.92 Å². The van der Waals surface area contributed by atoms with E-state index >= 15 is 0 Å². The summed E-state index contributed by atoms with van der Waals surface area (Å²) < 4.78 is 17.8. The molecule has 30 heavy (non-hydrogen) atoms. The standard InChI is InChI=1S/C22H19FN4O3/c1-13(28)24-16-8-10-17(11-9-16)27-12-18-19(21(29)26(3)22(30)25(18)2)20(27)14-4-6-15(23)7-5-14/h4-12H,1-3H3,(H,24,28). The Bertz CT molecular complexity index is 1390. The third-order valence-corrected chi connectivity index (χ3v) is 5.02. The number of hydrogen-bond acceptors (Lipinski definition) is 3. The molecule has 2 heterocycles. The van der Waals surface area contributed by atoms with Gasteiger partial charge in [-0.25, -0.2) is 9.18 Å². The van der Waals surface area contributed by atoms with Gasteiger partial charge in [-0.1, -0.05) is 0 Å². The molecule has 8 heteroatoms. The van der Waals surface area contributed by atoms with Crippen molar-refractivity contribution >= 4 is 22.5 Å². The summed E-state index contributed by atoms with van der Waals surface area (Å²) in [6.07, 6.45) is 1.71. The van der Waals surface area contributed by atoms with Gasteiger partial charge in [-0.3, -0.25) is 18.7 Å². The maximum Gasteiger partial charge on any atom is 0.330 e. The van der Waals surface area contributed by atoms with Gasteiger partial charge in [0.25, 0.3) is 5.56 Å². The van der Waals surface area contributed by atoms with Gasteiger partial charge in [0.05, 0.1) is 16.6 Å². The second kappa shape index (κ2) is 7.14. The van der Waals surface area contributed by atoms with Crippen molar-refractivity contribution < 1.29 is 9.18 Å². The molecule has 1 N–H and O–H groups in total. The van der Waals surface area contributed by atoms with E-state index < -0.39 is 11.2 Å². The van der Waals surface area contributed by atoms with E-state index in [4.69, 9.17) is 0 Å². The van der Waals surface area contributed by atoms with Crippen LogP contribution < -0.4 is 16.6 Å². The molecule has 0 aliphatic heterocycles. The second-order valence-corrected chi connectivity index (χ2v) is 7.05. The lowest BCUT2D eigenvalue weighted by Gasteiger charge is -2.11. The summed E-state index contributed by atoms with van der Waals surface area (Å²) in [7, 11) is 3.03. The summed E-state index contributed by atoms with van der Waals surface area (Å²) in [5, 5.41) is 3.07. The van der Waals surface area contributed by atoms with Crippen molar-refractivity contribution in [1.29, 1.82) is 0 Å². The maximum atomic E-state index is 13.5. The van der Waals surface area contributed by atoms with Crippen molar-refractivity contribution in [3.63, 3.8) is 0 Å². The Labute approximate surface area is 170 Å². The topological polar surface area (TPSA) is 78.0 Å². The quantitative estimate of drug-likeness (QED) is 0.568.